The largest absolute Gasteiger partial charge is 0.484 e. The molecule has 0 fully saturated rings. The molecule has 188 valence electrons. The highest BCUT2D eigenvalue weighted by Crippen LogP contribution is 2.40. The summed E-state index contributed by atoms with van der Waals surface area (Å²) in [6.07, 6.45) is 5.82. The first-order valence-corrected chi connectivity index (χ1v) is 14.1. The van der Waals surface area contributed by atoms with Gasteiger partial charge < -0.3 is 10.1 Å². The average Bonchev–Trinajstić information content (AvgIpc) is 3.42. The van der Waals surface area contributed by atoms with Crippen molar-refractivity contribution < 1.29 is 9.53 Å². The second-order valence-electron chi connectivity index (χ2n) is 8.34. The molecule has 0 spiro atoms. The van der Waals surface area contributed by atoms with Gasteiger partial charge in [-0.05, 0) is 42.9 Å². The van der Waals surface area contributed by atoms with Gasteiger partial charge in [-0.15, -0.1) is 28.1 Å². The van der Waals surface area contributed by atoms with Gasteiger partial charge in [0.2, 0.25) is 5.91 Å². The smallest absolute Gasteiger partial charge is 0.235 e. The van der Waals surface area contributed by atoms with Crippen LogP contribution in [0.5, 0.6) is 5.75 Å². The zero-order valence-corrected chi connectivity index (χ0v) is 22.9. The third-order valence-corrected chi connectivity index (χ3v) is 8.68. The van der Waals surface area contributed by atoms with Crippen molar-refractivity contribution in [2.24, 2.45) is 5.92 Å². The fourth-order valence-corrected chi connectivity index (χ4v) is 6.51. The lowest BCUT2D eigenvalue weighted by Gasteiger charge is -2.20. The van der Waals surface area contributed by atoms with Gasteiger partial charge in [-0.25, -0.2) is 0 Å². The van der Waals surface area contributed by atoms with E-state index in [9.17, 15) is 10.1 Å². The molecule has 1 N–H and O–H groups in total. The predicted molar refractivity (Wildman–Crippen MR) is 145 cm³/mol. The minimum atomic E-state index is -0.196. The van der Waals surface area contributed by atoms with Crippen LogP contribution in [0.3, 0.4) is 0 Å². The van der Waals surface area contributed by atoms with Gasteiger partial charge in [-0.3, -0.25) is 9.36 Å². The quantitative estimate of drug-likeness (QED) is 0.223. The fourth-order valence-electron chi connectivity index (χ4n) is 4.08. The number of anilines is 1. The molecule has 1 aromatic carbocycles. The van der Waals surface area contributed by atoms with E-state index in [0.29, 0.717) is 49.8 Å². The minimum absolute atomic E-state index is 0.124. The standard InChI is InChI=1S/C25H25Cl2N5O2S2/c1-3-9-32-22(13-34-20-11-16(26)6-8-19(20)27)30-31-25(32)35-14-23(33)29-24-18(12-28)17-7-5-15(4-2)10-21(17)36-24/h3,6,8,11,15H,1,4-5,7,9-10,13-14H2,2H3,(H,29,33). The number of thiophene rings is 1. The number of ether oxygens (including phenoxy) is 1. The van der Waals surface area contributed by atoms with E-state index in [1.54, 1.807) is 24.3 Å². The minimum Gasteiger partial charge on any atom is -0.484 e. The number of carbonyl (C=O) groups is 1. The van der Waals surface area contributed by atoms with Crippen molar-refractivity contribution in [1.82, 2.24) is 14.8 Å². The lowest BCUT2D eigenvalue weighted by molar-refractivity contribution is -0.113. The topological polar surface area (TPSA) is 92.8 Å². The van der Waals surface area contributed by atoms with Gasteiger partial charge in [-0.2, -0.15) is 5.26 Å². The van der Waals surface area contributed by atoms with Crippen LogP contribution in [0.4, 0.5) is 5.00 Å². The molecule has 11 heteroatoms. The van der Waals surface area contributed by atoms with Crippen LogP contribution < -0.4 is 10.1 Å². The van der Waals surface area contributed by atoms with Crippen molar-refractivity contribution in [2.45, 2.75) is 50.9 Å². The van der Waals surface area contributed by atoms with E-state index in [1.165, 1.54) is 28.0 Å². The van der Waals surface area contributed by atoms with Crippen LogP contribution in [0.1, 0.15) is 41.6 Å². The molecule has 4 rings (SSSR count). The highest BCUT2D eigenvalue weighted by molar-refractivity contribution is 7.99. The third kappa shape index (κ3) is 6.06. The lowest BCUT2D eigenvalue weighted by Crippen LogP contribution is -2.15. The number of allylic oxidation sites excluding steroid dienone is 1. The van der Waals surface area contributed by atoms with Gasteiger partial charge in [0.05, 0.1) is 16.3 Å². The maximum Gasteiger partial charge on any atom is 0.235 e. The fraction of sp³-hybridized carbons (Fsp3) is 0.360. The highest BCUT2D eigenvalue weighted by Gasteiger charge is 2.26. The van der Waals surface area contributed by atoms with Crippen LogP contribution in [-0.4, -0.2) is 26.4 Å². The van der Waals surface area contributed by atoms with E-state index in [0.717, 1.165) is 31.2 Å². The van der Waals surface area contributed by atoms with Crippen molar-refractivity contribution in [1.29, 1.82) is 5.26 Å². The number of amides is 1. The summed E-state index contributed by atoms with van der Waals surface area (Å²) in [6.45, 7) is 6.58. The second kappa shape index (κ2) is 12.2. The number of hydrogen-bond donors (Lipinski definition) is 1. The number of carbonyl (C=O) groups excluding carboxylic acids is 1. The molecule has 0 saturated heterocycles. The van der Waals surface area contributed by atoms with Crippen LogP contribution in [0.25, 0.3) is 0 Å². The summed E-state index contributed by atoms with van der Waals surface area (Å²) >= 11 is 15.0. The summed E-state index contributed by atoms with van der Waals surface area (Å²) in [6, 6.07) is 7.29. The van der Waals surface area contributed by atoms with E-state index < -0.39 is 0 Å². The number of nitrogens with one attached hydrogen (secondary N) is 1. The number of hydrogen-bond acceptors (Lipinski definition) is 7. The normalized spacial score (nSPS) is 14.7. The average molecular weight is 563 g/mol. The highest BCUT2D eigenvalue weighted by atomic mass is 35.5. The van der Waals surface area contributed by atoms with Gasteiger partial charge >= 0.3 is 0 Å². The molecule has 7 nitrogen and oxygen atoms in total. The molecule has 0 saturated carbocycles. The summed E-state index contributed by atoms with van der Waals surface area (Å²) in [4.78, 5) is 14.0. The van der Waals surface area contributed by atoms with E-state index in [-0.39, 0.29) is 18.3 Å². The second-order valence-corrected chi connectivity index (χ2v) is 11.2. The number of fused-ring (bicyclic) bond motifs is 1. The molecular weight excluding hydrogens is 537 g/mol. The summed E-state index contributed by atoms with van der Waals surface area (Å²) < 4.78 is 7.63. The number of rotatable bonds is 10. The first kappa shape index (κ1) is 26.6. The van der Waals surface area contributed by atoms with Gasteiger partial charge in [0.1, 0.15) is 23.4 Å². The van der Waals surface area contributed by atoms with Gasteiger partial charge in [0.25, 0.3) is 0 Å². The molecule has 2 aromatic heterocycles. The summed E-state index contributed by atoms with van der Waals surface area (Å²) in [5.41, 5.74) is 1.71. The van der Waals surface area contributed by atoms with Crippen molar-refractivity contribution in [3.05, 3.63) is 62.7 Å². The third-order valence-electron chi connectivity index (χ3n) is 6.00. The van der Waals surface area contributed by atoms with E-state index >= 15 is 0 Å². The Balaban J connectivity index is 1.41. The van der Waals surface area contributed by atoms with Crippen molar-refractivity contribution in [2.75, 3.05) is 11.1 Å². The summed E-state index contributed by atoms with van der Waals surface area (Å²) in [7, 11) is 0. The summed E-state index contributed by atoms with van der Waals surface area (Å²) in [5, 5.41) is 23.3. The number of thioether (sulfide) groups is 1. The van der Waals surface area contributed by atoms with E-state index in [2.05, 4.69) is 35.1 Å². The molecule has 0 aliphatic heterocycles. The van der Waals surface area contributed by atoms with Crippen molar-refractivity contribution in [3.63, 3.8) is 0 Å². The Hall–Kier alpha value is -2.51. The first-order valence-electron chi connectivity index (χ1n) is 11.5. The number of nitriles is 1. The Morgan fingerprint density at radius 1 is 1.44 bits per heavy atom. The maximum atomic E-state index is 12.8. The lowest BCUT2D eigenvalue weighted by atomic mass is 9.86. The predicted octanol–water partition coefficient (Wildman–Crippen LogP) is 6.53. The van der Waals surface area contributed by atoms with Gasteiger partial charge in [0, 0.05) is 22.5 Å². The monoisotopic (exact) mass is 561 g/mol. The Labute approximate surface area is 228 Å². The number of nitrogens with zero attached hydrogens (tertiary/aromatic N) is 4. The Morgan fingerprint density at radius 3 is 3.03 bits per heavy atom. The van der Waals surface area contributed by atoms with Gasteiger partial charge in [0.15, 0.2) is 11.0 Å². The molecule has 2 heterocycles. The number of aromatic nitrogens is 3. The number of benzene rings is 1. The number of halogens is 2. The SMILES string of the molecule is C=CCn1c(COc2cc(Cl)ccc2Cl)nnc1SCC(=O)Nc1sc2c(c1C#N)CCC(CC)C2. The van der Waals surface area contributed by atoms with Crippen LogP contribution in [-0.2, 0) is 30.8 Å². The van der Waals surface area contributed by atoms with Crippen molar-refractivity contribution in [3.8, 4) is 11.8 Å². The van der Waals surface area contributed by atoms with Gasteiger partial charge in [-0.1, -0.05) is 54.4 Å². The van der Waals surface area contributed by atoms with Crippen LogP contribution in [0.2, 0.25) is 10.0 Å². The van der Waals surface area contributed by atoms with Crippen molar-refractivity contribution >= 4 is 57.2 Å². The molecule has 0 bridgehead atoms. The zero-order valence-electron chi connectivity index (χ0n) is 19.7. The van der Waals surface area contributed by atoms with Crippen LogP contribution in [0.15, 0.2) is 36.0 Å². The Morgan fingerprint density at radius 2 is 2.28 bits per heavy atom. The maximum absolute atomic E-state index is 12.8. The molecule has 1 aliphatic carbocycles. The van der Waals surface area contributed by atoms with E-state index in [4.69, 9.17) is 27.9 Å². The molecular formula is C25H25Cl2N5O2S2. The van der Waals surface area contributed by atoms with Crippen LogP contribution >= 0.6 is 46.3 Å². The molecule has 1 aliphatic rings. The molecule has 3 aromatic rings. The van der Waals surface area contributed by atoms with Crippen LogP contribution in [0, 0.1) is 17.2 Å². The molecule has 1 unspecified atom stereocenters. The zero-order chi connectivity index (χ0) is 25.7. The molecule has 1 atom stereocenters. The Bertz CT molecular complexity index is 1310. The Kier molecular flexibility index (Phi) is 8.96. The first-order chi connectivity index (χ1) is 17.4. The summed E-state index contributed by atoms with van der Waals surface area (Å²) in [5.74, 6) is 1.59. The van der Waals surface area contributed by atoms with E-state index in [1.807, 2.05) is 4.57 Å². The molecule has 1 amide bonds. The molecule has 0 radical (unpaired) electrons. The molecule has 36 heavy (non-hydrogen) atoms.